The Kier molecular flexibility index (Phi) is 11.0. The van der Waals surface area contributed by atoms with Crippen molar-refractivity contribution in [3.05, 3.63) is 108 Å². The molecule has 0 aliphatic heterocycles. The van der Waals surface area contributed by atoms with Crippen molar-refractivity contribution in [2.45, 2.75) is 53.5 Å². The molecule has 2 rings (SSSR count). The van der Waals surface area contributed by atoms with Gasteiger partial charge in [0.15, 0.2) is 0 Å². The summed E-state index contributed by atoms with van der Waals surface area (Å²) in [4.78, 5) is 13.2. The molecule has 0 amide bonds. The Morgan fingerprint density at radius 1 is 0.941 bits per heavy atom. The lowest BCUT2D eigenvalue weighted by Gasteiger charge is -2.26. The number of carbonyl (C=O) groups excluding carboxylic acids is 1. The van der Waals surface area contributed by atoms with Gasteiger partial charge in [0.2, 0.25) is 0 Å². The summed E-state index contributed by atoms with van der Waals surface area (Å²) in [6.45, 7) is 14.9. The zero-order chi connectivity index (χ0) is 25.1. The smallest absolute Gasteiger partial charge is 0.138 e. The third-order valence-electron chi connectivity index (χ3n) is 6.51. The summed E-state index contributed by atoms with van der Waals surface area (Å²) >= 11 is 0. The van der Waals surface area contributed by atoms with Gasteiger partial charge in [0.05, 0.1) is 0 Å². The van der Waals surface area contributed by atoms with Gasteiger partial charge in [0.1, 0.15) is 5.78 Å². The minimum absolute atomic E-state index is 0.00572. The molecule has 0 saturated heterocycles. The van der Waals surface area contributed by atoms with Crippen LogP contribution >= 0.6 is 0 Å². The zero-order valence-electron chi connectivity index (χ0n) is 21.8. The van der Waals surface area contributed by atoms with E-state index in [4.69, 9.17) is 0 Å². The lowest BCUT2D eigenvalue weighted by Crippen LogP contribution is -2.32. The van der Waals surface area contributed by atoms with E-state index >= 15 is 0 Å². The molecule has 0 bridgehead atoms. The van der Waals surface area contributed by atoms with Crippen LogP contribution in [0, 0.1) is 11.8 Å². The minimum atomic E-state index is -0.0427. The van der Waals surface area contributed by atoms with E-state index in [0.717, 1.165) is 35.1 Å². The Bertz CT molecular complexity index is 1030. The molecule has 2 aromatic carbocycles. The molecule has 180 valence electrons. The second kappa shape index (κ2) is 13.7. The highest BCUT2D eigenvalue weighted by molar-refractivity contribution is 6.05. The van der Waals surface area contributed by atoms with Crippen molar-refractivity contribution in [3.63, 3.8) is 0 Å². The molecule has 0 aromatic heterocycles. The van der Waals surface area contributed by atoms with Gasteiger partial charge >= 0.3 is 0 Å². The Hall–Kier alpha value is -2.97. The van der Waals surface area contributed by atoms with Crippen LogP contribution in [0.1, 0.15) is 58.6 Å². The van der Waals surface area contributed by atoms with E-state index in [1.165, 1.54) is 11.1 Å². The van der Waals surface area contributed by atoms with Crippen LogP contribution in [0.2, 0.25) is 0 Å². The Labute approximate surface area is 207 Å². The quantitative estimate of drug-likeness (QED) is 0.329. The summed E-state index contributed by atoms with van der Waals surface area (Å²) in [6, 6.07) is 20.8. The highest BCUT2D eigenvalue weighted by Crippen LogP contribution is 2.35. The van der Waals surface area contributed by atoms with Crippen LogP contribution in [0.4, 0.5) is 0 Å². The first-order chi connectivity index (χ1) is 16.3. The van der Waals surface area contributed by atoms with Gasteiger partial charge in [0, 0.05) is 17.9 Å². The molecule has 2 nitrogen and oxygen atoms in total. The topological polar surface area (TPSA) is 29.1 Å². The number of hydrogen-bond acceptors (Lipinski definition) is 2. The number of nitrogens with one attached hydrogen (secondary N) is 1. The molecule has 3 unspecified atom stereocenters. The number of Topliss-reactive ketones (excluding diaryl/α,β-unsaturated/α-hetero) is 1. The summed E-state index contributed by atoms with van der Waals surface area (Å²) in [5, 5.41) is 3.48. The van der Waals surface area contributed by atoms with E-state index in [-0.39, 0.29) is 17.9 Å². The molecule has 0 radical (unpaired) electrons. The van der Waals surface area contributed by atoms with E-state index in [2.05, 4.69) is 82.1 Å². The predicted molar refractivity (Wildman–Crippen MR) is 148 cm³/mol. The van der Waals surface area contributed by atoms with Crippen LogP contribution in [-0.4, -0.2) is 18.9 Å². The lowest BCUT2D eigenvalue weighted by atomic mass is 9.82. The molecule has 0 spiro atoms. The van der Waals surface area contributed by atoms with Crippen molar-refractivity contribution in [1.82, 2.24) is 5.32 Å². The Balaban J connectivity index is 2.32. The molecule has 2 heteroatoms. The van der Waals surface area contributed by atoms with Gasteiger partial charge in [-0.15, -0.1) is 0 Å². The van der Waals surface area contributed by atoms with Gasteiger partial charge in [-0.05, 0) is 68.5 Å². The van der Waals surface area contributed by atoms with Crippen molar-refractivity contribution in [2.75, 3.05) is 7.05 Å². The van der Waals surface area contributed by atoms with Crippen molar-refractivity contribution >= 4 is 16.9 Å². The number of benzene rings is 2. The second-order valence-electron chi connectivity index (χ2n) is 9.29. The molecule has 3 atom stereocenters. The molecule has 0 fully saturated rings. The maximum atomic E-state index is 13.2. The van der Waals surface area contributed by atoms with Crippen molar-refractivity contribution in [1.29, 1.82) is 0 Å². The van der Waals surface area contributed by atoms with Crippen LogP contribution in [0.25, 0.3) is 11.1 Å². The van der Waals surface area contributed by atoms with E-state index in [1.807, 2.05) is 50.4 Å². The van der Waals surface area contributed by atoms with Gasteiger partial charge in [0.25, 0.3) is 0 Å². The monoisotopic (exact) mass is 455 g/mol. The molecule has 0 heterocycles. The standard InChI is InChI=1S/C32H41NO/c1-8-9-16-23(2)21-24(3)32(34)25(4)22-30(33-7)27(6)31(29-19-14-11-15-20-29)26(5)28-17-12-10-13-18-28/h8-20,24-25,30,33H,5,21-22H2,1-4,6-7H3/b9-8-,23-16+,31-27+. The normalized spacial score (nSPS) is 15.5. The zero-order valence-corrected chi connectivity index (χ0v) is 21.8. The number of rotatable bonds is 12. The Morgan fingerprint density at radius 3 is 2.03 bits per heavy atom. The van der Waals surface area contributed by atoms with Crippen LogP contribution in [0.3, 0.4) is 0 Å². The SMILES string of the molecule is C=C(/C(=C(/C)C(CC(C)C(=O)C(C)C/C(C)=C/C=C\C)NC)c1ccccc1)c1ccccc1. The highest BCUT2D eigenvalue weighted by Gasteiger charge is 2.25. The number of likely N-dealkylation sites (N-methyl/N-ethyl adjacent to an activating group) is 1. The fraction of sp³-hybridized carbons (Fsp3) is 0.344. The highest BCUT2D eigenvalue weighted by atomic mass is 16.1. The number of carbonyl (C=O) groups is 1. The summed E-state index contributed by atoms with van der Waals surface area (Å²) in [7, 11) is 1.98. The van der Waals surface area contributed by atoms with Crippen molar-refractivity contribution in [2.24, 2.45) is 11.8 Å². The van der Waals surface area contributed by atoms with Crippen LogP contribution in [-0.2, 0) is 4.79 Å². The third kappa shape index (κ3) is 7.53. The summed E-state index contributed by atoms with van der Waals surface area (Å²) < 4.78 is 0. The largest absolute Gasteiger partial charge is 0.313 e. The maximum Gasteiger partial charge on any atom is 0.138 e. The molecular formula is C32H41NO. The van der Waals surface area contributed by atoms with Crippen molar-refractivity contribution < 1.29 is 4.79 Å². The fourth-order valence-electron chi connectivity index (χ4n) is 4.58. The Morgan fingerprint density at radius 2 is 1.50 bits per heavy atom. The van der Waals surface area contributed by atoms with E-state index in [0.29, 0.717) is 5.78 Å². The number of hydrogen-bond donors (Lipinski definition) is 1. The van der Waals surface area contributed by atoms with Gasteiger partial charge in [-0.2, -0.15) is 0 Å². The van der Waals surface area contributed by atoms with Crippen LogP contribution < -0.4 is 5.32 Å². The lowest BCUT2D eigenvalue weighted by molar-refractivity contribution is -0.126. The van der Waals surface area contributed by atoms with Gasteiger partial charge < -0.3 is 5.32 Å². The summed E-state index contributed by atoms with van der Waals surface area (Å²) in [5.41, 5.74) is 6.84. The number of allylic oxidation sites excluding steroid dienone is 6. The number of ketones is 1. The van der Waals surface area contributed by atoms with Crippen LogP contribution in [0.15, 0.2) is 96.6 Å². The molecule has 0 saturated carbocycles. The molecule has 0 aliphatic rings. The second-order valence-corrected chi connectivity index (χ2v) is 9.29. The van der Waals surface area contributed by atoms with Gasteiger partial charge in [-0.1, -0.05) is 105 Å². The molecule has 1 N–H and O–H groups in total. The average Bonchev–Trinajstić information content (AvgIpc) is 2.86. The minimum Gasteiger partial charge on any atom is -0.313 e. The third-order valence-corrected chi connectivity index (χ3v) is 6.51. The fourth-order valence-corrected chi connectivity index (χ4v) is 4.58. The summed E-state index contributed by atoms with van der Waals surface area (Å²) in [6.07, 6.45) is 7.69. The van der Waals surface area contributed by atoms with E-state index in [1.54, 1.807) is 0 Å². The first kappa shape index (κ1) is 27.3. The van der Waals surface area contributed by atoms with Crippen molar-refractivity contribution in [3.8, 4) is 0 Å². The molecular weight excluding hydrogens is 414 g/mol. The van der Waals surface area contributed by atoms with Crippen LogP contribution in [0.5, 0.6) is 0 Å². The molecule has 0 aliphatic carbocycles. The van der Waals surface area contributed by atoms with E-state index < -0.39 is 0 Å². The first-order valence-electron chi connectivity index (χ1n) is 12.3. The van der Waals surface area contributed by atoms with Gasteiger partial charge in [-0.25, -0.2) is 0 Å². The average molecular weight is 456 g/mol. The van der Waals surface area contributed by atoms with E-state index in [9.17, 15) is 4.79 Å². The van der Waals surface area contributed by atoms with Gasteiger partial charge in [-0.3, -0.25) is 4.79 Å². The molecule has 2 aromatic rings. The maximum absolute atomic E-state index is 13.2. The molecule has 34 heavy (non-hydrogen) atoms. The summed E-state index contributed by atoms with van der Waals surface area (Å²) in [5.74, 6) is 0.287. The predicted octanol–water partition coefficient (Wildman–Crippen LogP) is 7.91. The first-order valence-corrected chi connectivity index (χ1v) is 12.3.